The third-order valence-electron chi connectivity index (χ3n) is 2.30. The number of hydrogen-bond acceptors (Lipinski definition) is 3. The Balaban J connectivity index is 2.37. The molecular formula is C12H12FNOS. The normalized spacial score (nSPS) is 10.4. The van der Waals surface area contributed by atoms with E-state index < -0.39 is 0 Å². The standard InChI is InChI=1S/C12H12FNOS/c1-3-12-14-10(7-16-12)8-4-5-11(15-2)9(13)6-8/h4-7H,3H2,1-2H3. The molecule has 16 heavy (non-hydrogen) atoms. The first kappa shape index (κ1) is 11.1. The fourth-order valence-corrected chi connectivity index (χ4v) is 2.19. The van der Waals surface area contributed by atoms with Gasteiger partial charge in [0.1, 0.15) is 0 Å². The maximum absolute atomic E-state index is 13.5. The molecule has 2 aromatic rings. The Morgan fingerprint density at radius 3 is 2.81 bits per heavy atom. The Hall–Kier alpha value is -1.42. The van der Waals surface area contributed by atoms with Gasteiger partial charge < -0.3 is 4.74 Å². The molecule has 0 saturated carbocycles. The molecule has 0 N–H and O–H groups in total. The summed E-state index contributed by atoms with van der Waals surface area (Å²) in [5, 5.41) is 3.01. The minimum Gasteiger partial charge on any atom is -0.494 e. The fourth-order valence-electron chi connectivity index (χ4n) is 1.43. The summed E-state index contributed by atoms with van der Waals surface area (Å²) >= 11 is 1.60. The van der Waals surface area contributed by atoms with E-state index in [0.29, 0.717) is 0 Å². The molecule has 4 heteroatoms. The van der Waals surface area contributed by atoms with Crippen LogP contribution in [0.2, 0.25) is 0 Å². The van der Waals surface area contributed by atoms with E-state index in [1.807, 2.05) is 11.4 Å². The molecule has 0 unspecified atom stereocenters. The van der Waals surface area contributed by atoms with E-state index in [9.17, 15) is 4.39 Å². The largest absolute Gasteiger partial charge is 0.494 e. The first-order chi connectivity index (χ1) is 7.74. The van der Waals surface area contributed by atoms with Gasteiger partial charge in [0.2, 0.25) is 0 Å². The van der Waals surface area contributed by atoms with Crippen LogP contribution in [0.5, 0.6) is 5.75 Å². The lowest BCUT2D eigenvalue weighted by molar-refractivity contribution is 0.386. The summed E-state index contributed by atoms with van der Waals surface area (Å²) in [6.07, 6.45) is 0.906. The maximum Gasteiger partial charge on any atom is 0.165 e. The highest BCUT2D eigenvalue weighted by molar-refractivity contribution is 7.09. The molecule has 0 radical (unpaired) electrons. The number of benzene rings is 1. The van der Waals surface area contributed by atoms with Crippen LogP contribution in [0.1, 0.15) is 11.9 Å². The molecule has 0 aliphatic rings. The van der Waals surface area contributed by atoms with Gasteiger partial charge in [0, 0.05) is 10.9 Å². The summed E-state index contributed by atoms with van der Waals surface area (Å²) in [6, 6.07) is 4.89. The van der Waals surface area contributed by atoms with Crippen LogP contribution >= 0.6 is 11.3 Å². The molecule has 0 fully saturated rings. The zero-order valence-corrected chi connectivity index (χ0v) is 9.97. The van der Waals surface area contributed by atoms with Crippen molar-refractivity contribution in [3.8, 4) is 17.0 Å². The molecule has 0 atom stereocenters. The summed E-state index contributed by atoms with van der Waals surface area (Å²) in [4.78, 5) is 4.41. The van der Waals surface area contributed by atoms with E-state index in [2.05, 4.69) is 11.9 Å². The van der Waals surface area contributed by atoms with Gasteiger partial charge in [0.05, 0.1) is 17.8 Å². The smallest absolute Gasteiger partial charge is 0.165 e. The summed E-state index contributed by atoms with van der Waals surface area (Å²) in [5.74, 6) is -0.0965. The maximum atomic E-state index is 13.5. The second-order valence-corrected chi connectivity index (χ2v) is 4.27. The van der Waals surface area contributed by atoms with Crippen molar-refractivity contribution in [1.29, 1.82) is 0 Å². The zero-order valence-electron chi connectivity index (χ0n) is 9.16. The average molecular weight is 237 g/mol. The predicted octanol–water partition coefficient (Wildman–Crippen LogP) is 3.52. The van der Waals surface area contributed by atoms with E-state index >= 15 is 0 Å². The molecule has 0 aliphatic carbocycles. The highest BCUT2D eigenvalue weighted by Crippen LogP contribution is 2.26. The Kier molecular flexibility index (Phi) is 3.19. The van der Waals surface area contributed by atoms with Gasteiger partial charge in [-0.1, -0.05) is 6.92 Å². The third-order valence-corrected chi connectivity index (χ3v) is 3.29. The molecule has 1 heterocycles. The van der Waals surface area contributed by atoms with Crippen LogP contribution in [-0.2, 0) is 6.42 Å². The van der Waals surface area contributed by atoms with Crippen molar-refractivity contribution in [2.75, 3.05) is 7.11 Å². The van der Waals surface area contributed by atoms with Crippen molar-refractivity contribution in [3.63, 3.8) is 0 Å². The van der Waals surface area contributed by atoms with Crippen LogP contribution in [0.3, 0.4) is 0 Å². The van der Waals surface area contributed by atoms with Gasteiger partial charge in [-0.25, -0.2) is 9.37 Å². The van der Waals surface area contributed by atoms with E-state index in [1.54, 1.807) is 17.4 Å². The van der Waals surface area contributed by atoms with Crippen LogP contribution < -0.4 is 4.74 Å². The molecule has 0 bridgehead atoms. The lowest BCUT2D eigenvalue weighted by Gasteiger charge is -2.02. The second-order valence-electron chi connectivity index (χ2n) is 3.33. The number of hydrogen-bond donors (Lipinski definition) is 0. The summed E-state index contributed by atoms with van der Waals surface area (Å²) in [6.45, 7) is 2.05. The Bertz CT molecular complexity index is 496. The lowest BCUT2D eigenvalue weighted by atomic mass is 10.1. The van der Waals surface area contributed by atoms with Crippen LogP contribution in [0.15, 0.2) is 23.6 Å². The quantitative estimate of drug-likeness (QED) is 0.814. The van der Waals surface area contributed by atoms with Crippen LogP contribution in [-0.4, -0.2) is 12.1 Å². The molecule has 1 aromatic carbocycles. The van der Waals surface area contributed by atoms with Gasteiger partial charge >= 0.3 is 0 Å². The molecule has 0 saturated heterocycles. The molecular weight excluding hydrogens is 225 g/mol. The predicted molar refractivity (Wildman–Crippen MR) is 63.4 cm³/mol. The summed E-state index contributed by atoms with van der Waals surface area (Å²) in [7, 11) is 1.45. The zero-order chi connectivity index (χ0) is 11.5. The van der Waals surface area contributed by atoms with E-state index in [0.717, 1.165) is 22.7 Å². The van der Waals surface area contributed by atoms with Gasteiger partial charge in [-0.2, -0.15) is 0 Å². The first-order valence-electron chi connectivity index (χ1n) is 5.03. The Labute approximate surface area is 97.7 Å². The molecule has 0 spiro atoms. The van der Waals surface area contributed by atoms with Crippen LogP contribution in [0, 0.1) is 5.82 Å². The summed E-state index contributed by atoms with van der Waals surface area (Å²) in [5.41, 5.74) is 1.61. The van der Waals surface area contributed by atoms with Crippen molar-refractivity contribution in [2.24, 2.45) is 0 Å². The Morgan fingerprint density at radius 2 is 2.25 bits per heavy atom. The van der Waals surface area contributed by atoms with Crippen molar-refractivity contribution < 1.29 is 9.13 Å². The third kappa shape index (κ3) is 2.07. The van der Waals surface area contributed by atoms with Crippen LogP contribution in [0.25, 0.3) is 11.3 Å². The number of halogens is 1. The first-order valence-corrected chi connectivity index (χ1v) is 5.91. The van der Waals surface area contributed by atoms with Gasteiger partial charge in [-0.15, -0.1) is 11.3 Å². The van der Waals surface area contributed by atoms with Crippen molar-refractivity contribution in [3.05, 3.63) is 34.4 Å². The van der Waals surface area contributed by atoms with Crippen molar-refractivity contribution >= 4 is 11.3 Å². The minimum atomic E-state index is -0.356. The van der Waals surface area contributed by atoms with Crippen LogP contribution in [0.4, 0.5) is 4.39 Å². The SMILES string of the molecule is CCc1nc(-c2ccc(OC)c(F)c2)cs1. The Morgan fingerprint density at radius 1 is 1.44 bits per heavy atom. The number of nitrogens with zero attached hydrogens (tertiary/aromatic N) is 1. The fraction of sp³-hybridized carbons (Fsp3) is 0.250. The van der Waals surface area contributed by atoms with Gasteiger partial charge in [0.15, 0.2) is 11.6 Å². The molecule has 0 aliphatic heterocycles. The highest BCUT2D eigenvalue weighted by Gasteiger charge is 2.07. The average Bonchev–Trinajstić information content (AvgIpc) is 2.77. The highest BCUT2D eigenvalue weighted by atomic mass is 32.1. The van der Waals surface area contributed by atoms with E-state index in [1.165, 1.54) is 13.2 Å². The van der Waals surface area contributed by atoms with E-state index in [4.69, 9.17) is 4.74 Å². The van der Waals surface area contributed by atoms with Crippen molar-refractivity contribution in [1.82, 2.24) is 4.98 Å². The van der Waals surface area contributed by atoms with Gasteiger partial charge in [0.25, 0.3) is 0 Å². The topological polar surface area (TPSA) is 22.1 Å². The second kappa shape index (κ2) is 4.61. The number of methoxy groups -OCH3 is 1. The number of ether oxygens (including phenoxy) is 1. The van der Waals surface area contributed by atoms with Gasteiger partial charge in [-0.05, 0) is 24.6 Å². The number of thiazole rings is 1. The van der Waals surface area contributed by atoms with E-state index in [-0.39, 0.29) is 11.6 Å². The molecule has 84 valence electrons. The molecule has 0 amide bonds. The van der Waals surface area contributed by atoms with Crippen molar-refractivity contribution in [2.45, 2.75) is 13.3 Å². The van der Waals surface area contributed by atoms with Gasteiger partial charge in [-0.3, -0.25) is 0 Å². The number of rotatable bonds is 3. The molecule has 2 nitrogen and oxygen atoms in total. The number of aromatic nitrogens is 1. The monoisotopic (exact) mass is 237 g/mol. The summed E-state index contributed by atoms with van der Waals surface area (Å²) < 4.78 is 18.3. The lowest BCUT2D eigenvalue weighted by Crippen LogP contribution is -1.88. The molecule has 1 aromatic heterocycles. The molecule has 2 rings (SSSR count). The minimum absolute atomic E-state index is 0.259. The number of aryl methyl sites for hydroxylation is 1.